The molecule has 21 heavy (non-hydrogen) atoms. The summed E-state index contributed by atoms with van der Waals surface area (Å²) in [5.41, 5.74) is 3.29. The molecule has 0 unspecified atom stereocenters. The highest BCUT2D eigenvalue weighted by molar-refractivity contribution is 9.10. The molecule has 114 valence electrons. The fraction of sp³-hybridized carbons (Fsp3) is 0.400. The maximum absolute atomic E-state index is 6.25. The Kier molecular flexibility index (Phi) is 6.23. The van der Waals surface area contributed by atoms with Gasteiger partial charge in [0.1, 0.15) is 0 Å². The molecule has 1 N–H and O–H groups in total. The quantitative estimate of drug-likeness (QED) is 0.757. The van der Waals surface area contributed by atoms with E-state index < -0.39 is 0 Å². The zero-order chi connectivity index (χ0) is 15.2. The van der Waals surface area contributed by atoms with Crippen molar-refractivity contribution in [3.8, 4) is 0 Å². The maximum Gasteiger partial charge on any atom is 0.0674 e. The summed E-state index contributed by atoms with van der Waals surface area (Å²) < 4.78 is 7.93. The number of nitrogens with one attached hydrogen (secondary N) is 1. The SMILES string of the molecule is COCCNCc1cn(Cc2ccc(Br)cc2Cl)nc1C. The Bertz CT molecular complexity index is 601. The molecule has 0 amide bonds. The zero-order valence-electron chi connectivity index (χ0n) is 12.2. The lowest BCUT2D eigenvalue weighted by molar-refractivity contribution is 0.199. The van der Waals surface area contributed by atoms with Gasteiger partial charge in [0.05, 0.1) is 18.8 Å². The smallest absolute Gasteiger partial charge is 0.0674 e. The van der Waals surface area contributed by atoms with Crippen LogP contribution in [0.2, 0.25) is 5.02 Å². The molecular weight excluding hydrogens is 354 g/mol. The van der Waals surface area contributed by atoms with Crippen LogP contribution >= 0.6 is 27.5 Å². The summed E-state index contributed by atoms with van der Waals surface area (Å²) in [7, 11) is 1.70. The number of benzene rings is 1. The van der Waals surface area contributed by atoms with E-state index >= 15 is 0 Å². The molecule has 0 bridgehead atoms. The average Bonchev–Trinajstić information content (AvgIpc) is 2.78. The van der Waals surface area contributed by atoms with Crippen LogP contribution in [0.5, 0.6) is 0 Å². The maximum atomic E-state index is 6.25. The highest BCUT2D eigenvalue weighted by atomic mass is 79.9. The van der Waals surface area contributed by atoms with Gasteiger partial charge < -0.3 is 10.1 Å². The minimum Gasteiger partial charge on any atom is -0.383 e. The lowest BCUT2D eigenvalue weighted by atomic mass is 10.2. The summed E-state index contributed by atoms with van der Waals surface area (Å²) in [4.78, 5) is 0. The molecular formula is C15H19BrClN3O. The molecule has 4 nitrogen and oxygen atoms in total. The largest absolute Gasteiger partial charge is 0.383 e. The zero-order valence-corrected chi connectivity index (χ0v) is 14.5. The molecule has 6 heteroatoms. The van der Waals surface area contributed by atoms with Gasteiger partial charge in [-0.05, 0) is 24.6 Å². The van der Waals surface area contributed by atoms with E-state index in [1.807, 2.05) is 29.8 Å². The topological polar surface area (TPSA) is 39.1 Å². The monoisotopic (exact) mass is 371 g/mol. The van der Waals surface area contributed by atoms with Crippen molar-refractivity contribution < 1.29 is 4.74 Å². The molecule has 0 aliphatic rings. The minimum absolute atomic E-state index is 0.672. The molecule has 0 radical (unpaired) electrons. The normalized spacial score (nSPS) is 11.0. The molecule has 0 aliphatic heterocycles. The number of aromatic nitrogens is 2. The van der Waals surface area contributed by atoms with Crippen LogP contribution < -0.4 is 5.32 Å². The van der Waals surface area contributed by atoms with Crippen molar-refractivity contribution in [2.24, 2.45) is 0 Å². The lowest BCUT2D eigenvalue weighted by Gasteiger charge is -2.05. The standard InChI is InChI=1S/C15H19BrClN3O/c1-11-13(8-18-5-6-21-2)10-20(19-11)9-12-3-4-14(16)7-15(12)17/h3-4,7,10,18H,5-6,8-9H2,1-2H3. The first kappa shape index (κ1) is 16.5. The third-order valence-corrected chi connectivity index (χ3v) is 4.04. The summed E-state index contributed by atoms with van der Waals surface area (Å²) >= 11 is 9.66. The van der Waals surface area contributed by atoms with Gasteiger partial charge in [0.15, 0.2) is 0 Å². The minimum atomic E-state index is 0.672. The van der Waals surface area contributed by atoms with E-state index in [0.717, 1.165) is 33.8 Å². The molecule has 2 aromatic rings. The number of hydrogen-bond acceptors (Lipinski definition) is 3. The summed E-state index contributed by atoms with van der Waals surface area (Å²) in [5.74, 6) is 0. The van der Waals surface area contributed by atoms with Crippen molar-refractivity contribution in [1.82, 2.24) is 15.1 Å². The lowest BCUT2D eigenvalue weighted by Crippen LogP contribution is -2.18. The fourth-order valence-corrected chi connectivity index (χ4v) is 2.77. The average molecular weight is 373 g/mol. The molecule has 1 aromatic heterocycles. The second-order valence-corrected chi connectivity index (χ2v) is 6.17. The number of aryl methyl sites for hydroxylation is 1. The number of rotatable bonds is 7. The number of halogens is 2. The summed E-state index contributed by atoms with van der Waals surface area (Å²) in [5, 5.41) is 8.62. The number of hydrogen-bond donors (Lipinski definition) is 1. The molecule has 0 saturated carbocycles. The molecule has 2 rings (SSSR count). The third-order valence-electron chi connectivity index (χ3n) is 3.19. The van der Waals surface area contributed by atoms with Gasteiger partial charge in [-0.1, -0.05) is 33.6 Å². The fourth-order valence-electron chi connectivity index (χ4n) is 2.04. The molecule has 0 fully saturated rings. The Balaban J connectivity index is 2.01. The Hall–Kier alpha value is -0.880. The van der Waals surface area contributed by atoms with Crippen molar-refractivity contribution in [2.45, 2.75) is 20.0 Å². The highest BCUT2D eigenvalue weighted by Gasteiger charge is 2.07. The van der Waals surface area contributed by atoms with Crippen molar-refractivity contribution in [2.75, 3.05) is 20.3 Å². The predicted octanol–water partition coefficient (Wildman–Crippen LogP) is 3.39. The van der Waals surface area contributed by atoms with Crippen molar-refractivity contribution in [3.63, 3.8) is 0 Å². The van der Waals surface area contributed by atoms with E-state index in [1.165, 1.54) is 5.56 Å². The van der Waals surface area contributed by atoms with Gasteiger partial charge in [0, 0.05) is 41.5 Å². The van der Waals surface area contributed by atoms with Crippen LogP contribution in [0.25, 0.3) is 0 Å². The van der Waals surface area contributed by atoms with E-state index in [1.54, 1.807) is 7.11 Å². The van der Waals surface area contributed by atoms with E-state index in [0.29, 0.717) is 13.2 Å². The van der Waals surface area contributed by atoms with Crippen molar-refractivity contribution >= 4 is 27.5 Å². The Morgan fingerprint density at radius 3 is 2.90 bits per heavy atom. The van der Waals surface area contributed by atoms with Crippen molar-refractivity contribution in [1.29, 1.82) is 0 Å². The van der Waals surface area contributed by atoms with E-state index in [9.17, 15) is 0 Å². The Morgan fingerprint density at radius 2 is 2.19 bits per heavy atom. The van der Waals surface area contributed by atoms with Crippen molar-refractivity contribution in [3.05, 3.63) is 50.7 Å². The van der Waals surface area contributed by atoms with Gasteiger partial charge in [-0.15, -0.1) is 0 Å². The second-order valence-electron chi connectivity index (χ2n) is 4.84. The third kappa shape index (κ3) is 4.81. The van der Waals surface area contributed by atoms with Gasteiger partial charge in [-0.25, -0.2) is 0 Å². The molecule has 1 aromatic carbocycles. The number of nitrogens with zero attached hydrogens (tertiary/aromatic N) is 2. The van der Waals surface area contributed by atoms with Crippen LogP contribution in [0, 0.1) is 6.92 Å². The van der Waals surface area contributed by atoms with E-state index in [2.05, 4.69) is 32.5 Å². The first-order valence-corrected chi connectivity index (χ1v) is 7.93. The van der Waals surface area contributed by atoms with E-state index in [4.69, 9.17) is 16.3 Å². The first-order valence-electron chi connectivity index (χ1n) is 6.76. The number of ether oxygens (including phenoxy) is 1. The number of methoxy groups -OCH3 is 1. The summed E-state index contributed by atoms with van der Waals surface area (Å²) in [6.07, 6.45) is 2.06. The molecule has 1 heterocycles. The Labute approximate surface area is 138 Å². The van der Waals surface area contributed by atoms with Crippen LogP contribution in [0.15, 0.2) is 28.9 Å². The second kappa shape index (κ2) is 7.94. The summed E-state index contributed by atoms with van der Waals surface area (Å²) in [6, 6.07) is 5.91. The van der Waals surface area contributed by atoms with Crippen LogP contribution in [0.3, 0.4) is 0 Å². The first-order chi connectivity index (χ1) is 10.1. The van der Waals surface area contributed by atoms with Crippen LogP contribution in [-0.4, -0.2) is 30.0 Å². The highest BCUT2D eigenvalue weighted by Crippen LogP contribution is 2.22. The predicted molar refractivity (Wildman–Crippen MR) is 88.8 cm³/mol. The van der Waals surface area contributed by atoms with Gasteiger partial charge >= 0.3 is 0 Å². The van der Waals surface area contributed by atoms with Gasteiger partial charge in [-0.2, -0.15) is 5.10 Å². The van der Waals surface area contributed by atoms with E-state index in [-0.39, 0.29) is 0 Å². The Morgan fingerprint density at radius 1 is 1.38 bits per heavy atom. The van der Waals surface area contributed by atoms with Crippen LogP contribution in [0.1, 0.15) is 16.8 Å². The van der Waals surface area contributed by atoms with Gasteiger partial charge in [0.2, 0.25) is 0 Å². The summed E-state index contributed by atoms with van der Waals surface area (Å²) in [6.45, 7) is 5.03. The molecule has 0 aliphatic carbocycles. The molecule has 0 saturated heterocycles. The molecule has 0 atom stereocenters. The van der Waals surface area contributed by atoms with Gasteiger partial charge in [0.25, 0.3) is 0 Å². The van der Waals surface area contributed by atoms with Crippen LogP contribution in [-0.2, 0) is 17.8 Å². The van der Waals surface area contributed by atoms with Gasteiger partial charge in [-0.3, -0.25) is 4.68 Å². The van der Waals surface area contributed by atoms with Crippen LogP contribution in [0.4, 0.5) is 0 Å². The molecule has 0 spiro atoms.